The third-order valence-electron chi connectivity index (χ3n) is 4.06. The molecule has 3 rings (SSSR count). The van der Waals surface area contributed by atoms with E-state index in [4.69, 9.17) is 9.47 Å². The van der Waals surface area contributed by atoms with Crippen molar-refractivity contribution in [2.45, 2.75) is 38.2 Å². The Bertz CT molecular complexity index is 423. The highest BCUT2D eigenvalue weighted by Gasteiger charge is 2.27. The number of para-hydroxylation sites is 1. The third kappa shape index (κ3) is 3.21. The number of benzene rings is 1. The lowest BCUT2D eigenvalue weighted by Crippen LogP contribution is -2.28. The number of ether oxygens (including phenoxy) is 2. The van der Waals surface area contributed by atoms with Crippen LogP contribution in [-0.4, -0.2) is 26.3 Å². The monoisotopic (exact) mass is 261 g/mol. The van der Waals surface area contributed by atoms with Gasteiger partial charge < -0.3 is 14.8 Å². The van der Waals surface area contributed by atoms with Gasteiger partial charge in [-0.15, -0.1) is 0 Å². The highest BCUT2D eigenvalue weighted by molar-refractivity contribution is 5.47. The Balaban J connectivity index is 1.77. The quantitative estimate of drug-likeness (QED) is 0.884. The first kappa shape index (κ1) is 12.8. The summed E-state index contributed by atoms with van der Waals surface area (Å²) in [6.45, 7) is 2.29. The zero-order valence-electron chi connectivity index (χ0n) is 11.7. The molecule has 0 unspecified atom stereocenters. The smallest absolute Gasteiger partial charge is 0.164 e. The normalized spacial score (nSPS) is 20.3. The van der Waals surface area contributed by atoms with Gasteiger partial charge in [-0.25, -0.2) is 0 Å². The molecule has 3 nitrogen and oxygen atoms in total. The molecule has 0 atom stereocenters. The fraction of sp³-hybridized carbons (Fsp3) is 0.625. The molecule has 0 spiro atoms. The van der Waals surface area contributed by atoms with E-state index in [0.717, 1.165) is 36.9 Å². The van der Waals surface area contributed by atoms with Crippen LogP contribution in [0.25, 0.3) is 0 Å². The lowest BCUT2D eigenvalue weighted by molar-refractivity contribution is 0.275. The Labute approximate surface area is 115 Å². The summed E-state index contributed by atoms with van der Waals surface area (Å²) in [5.41, 5.74) is 1.32. The van der Waals surface area contributed by atoms with Gasteiger partial charge in [-0.2, -0.15) is 0 Å². The lowest BCUT2D eigenvalue weighted by atomic mass is 9.90. The van der Waals surface area contributed by atoms with Crippen molar-refractivity contribution >= 4 is 0 Å². The first-order chi connectivity index (χ1) is 9.36. The van der Waals surface area contributed by atoms with Gasteiger partial charge in [0.1, 0.15) is 0 Å². The summed E-state index contributed by atoms with van der Waals surface area (Å²) in [5, 5.41) is 3.42. The van der Waals surface area contributed by atoms with Gasteiger partial charge in [0.2, 0.25) is 0 Å². The number of hydrogen-bond acceptors (Lipinski definition) is 3. The number of nitrogens with one attached hydrogen (secondary N) is 1. The van der Waals surface area contributed by atoms with Gasteiger partial charge in [0, 0.05) is 0 Å². The van der Waals surface area contributed by atoms with Crippen molar-refractivity contribution in [3.8, 4) is 11.5 Å². The molecule has 1 aliphatic heterocycles. The van der Waals surface area contributed by atoms with Crippen molar-refractivity contribution in [2.75, 3.05) is 20.2 Å². The van der Waals surface area contributed by atoms with Crippen LogP contribution in [-0.2, 0) is 6.42 Å². The molecule has 19 heavy (non-hydrogen) atoms. The molecule has 1 aliphatic carbocycles. The fourth-order valence-electron chi connectivity index (χ4n) is 2.77. The van der Waals surface area contributed by atoms with Crippen LogP contribution in [0.1, 0.15) is 31.2 Å². The minimum absolute atomic E-state index is 0.420. The van der Waals surface area contributed by atoms with Gasteiger partial charge in [-0.05, 0) is 62.7 Å². The SMILES string of the molecule is COc1cccc(CC2CCNCC2)c1OC1CC1. The second-order valence-electron chi connectivity index (χ2n) is 5.66. The molecule has 2 fully saturated rings. The summed E-state index contributed by atoms with van der Waals surface area (Å²) in [7, 11) is 1.73. The van der Waals surface area contributed by atoms with Gasteiger partial charge >= 0.3 is 0 Å². The highest BCUT2D eigenvalue weighted by atomic mass is 16.5. The van der Waals surface area contributed by atoms with E-state index in [1.54, 1.807) is 7.11 Å². The first-order valence-corrected chi connectivity index (χ1v) is 7.40. The van der Waals surface area contributed by atoms with Gasteiger partial charge in [-0.1, -0.05) is 12.1 Å². The molecule has 2 aliphatic rings. The number of hydrogen-bond donors (Lipinski definition) is 1. The van der Waals surface area contributed by atoms with E-state index >= 15 is 0 Å². The summed E-state index contributed by atoms with van der Waals surface area (Å²) in [5.74, 6) is 2.65. The number of piperidine rings is 1. The van der Waals surface area contributed by atoms with Crippen molar-refractivity contribution in [2.24, 2.45) is 5.92 Å². The van der Waals surface area contributed by atoms with Crippen LogP contribution < -0.4 is 14.8 Å². The van der Waals surface area contributed by atoms with Crippen molar-refractivity contribution in [1.82, 2.24) is 5.32 Å². The maximum atomic E-state index is 6.08. The predicted octanol–water partition coefficient (Wildman–Crippen LogP) is 2.78. The average Bonchev–Trinajstić information content (AvgIpc) is 3.26. The van der Waals surface area contributed by atoms with Crippen LogP contribution in [0, 0.1) is 5.92 Å². The molecule has 1 saturated carbocycles. The standard InChI is InChI=1S/C16H23NO2/c1-18-15-4-2-3-13(16(15)19-14-5-6-14)11-12-7-9-17-10-8-12/h2-4,12,14,17H,5-11H2,1H3. The predicted molar refractivity (Wildman–Crippen MR) is 75.9 cm³/mol. The van der Waals surface area contributed by atoms with E-state index in [0.29, 0.717) is 6.10 Å². The van der Waals surface area contributed by atoms with Crippen molar-refractivity contribution < 1.29 is 9.47 Å². The second-order valence-corrected chi connectivity index (χ2v) is 5.66. The second kappa shape index (κ2) is 5.83. The third-order valence-corrected chi connectivity index (χ3v) is 4.06. The van der Waals surface area contributed by atoms with Crippen LogP contribution in [0.4, 0.5) is 0 Å². The summed E-state index contributed by atoms with van der Waals surface area (Å²) in [6.07, 6.45) is 6.43. The topological polar surface area (TPSA) is 30.5 Å². The van der Waals surface area contributed by atoms with E-state index in [2.05, 4.69) is 17.4 Å². The van der Waals surface area contributed by atoms with E-state index < -0.39 is 0 Å². The van der Waals surface area contributed by atoms with E-state index in [1.807, 2.05) is 6.07 Å². The van der Waals surface area contributed by atoms with E-state index in [1.165, 1.54) is 31.2 Å². The fourth-order valence-corrected chi connectivity index (χ4v) is 2.77. The van der Waals surface area contributed by atoms with E-state index in [-0.39, 0.29) is 0 Å². The lowest BCUT2D eigenvalue weighted by Gasteiger charge is -2.24. The Hall–Kier alpha value is -1.22. The first-order valence-electron chi connectivity index (χ1n) is 7.40. The van der Waals surface area contributed by atoms with Crippen LogP contribution >= 0.6 is 0 Å². The summed E-state index contributed by atoms with van der Waals surface area (Å²) in [6, 6.07) is 6.28. The van der Waals surface area contributed by atoms with Gasteiger partial charge in [0.25, 0.3) is 0 Å². The largest absolute Gasteiger partial charge is 0.493 e. The molecular weight excluding hydrogens is 238 g/mol. The average molecular weight is 261 g/mol. The number of methoxy groups -OCH3 is 1. The molecular formula is C16H23NO2. The summed E-state index contributed by atoms with van der Waals surface area (Å²) < 4.78 is 11.5. The molecule has 3 heteroatoms. The summed E-state index contributed by atoms with van der Waals surface area (Å²) in [4.78, 5) is 0. The molecule has 1 N–H and O–H groups in total. The van der Waals surface area contributed by atoms with Crippen LogP contribution in [0.3, 0.4) is 0 Å². The minimum Gasteiger partial charge on any atom is -0.493 e. The van der Waals surface area contributed by atoms with E-state index in [9.17, 15) is 0 Å². The molecule has 0 bridgehead atoms. The summed E-state index contributed by atoms with van der Waals surface area (Å²) >= 11 is 0. The maximum Gasteiger partial charge on any atom is 0.164 e. The minimum atomic E-state index is 0.420. The van der Waals surface area contributed by atoms with Crippen molar-refractivity contribution in [1.29, 1.82) is 0 Å². The maximum absolute atomic E-state index is 6.08. The van der Waals surface area contributed by atoms with Crippen LogP contribution in [0.15, 0.2) is 18.2 Å². The molecule has 104 valence electrons. The molecule has 0 radical (unpaired) electrons. The van der Waals surface area contributed by atoms with Gasteiger partial charge in [0.05, 0.1) is 13.2 Å². The molecule has 0 aromatic heterocycles. The molecule has 1 saturated heterocycles. The van der Waals surface area contributed by atoms with Crippen LogP contribution in [0.5, 0.6) is 11.5 Å². The highest BCUT2D eigenvalue weighted by Crippen LogP contribution is 2.38. The van der Waals surface area contributed by atoms with Crippen molar-refractivity contribution in [3.05, 3.63) is 23.8 Å². The van der Waals surface area contributed by atoms with Gasteiger partial charge in [0.15, 0.2) is 11.5 Å². The Kier molecular flexibility index (Phi) is 3.92. The molecule has 1 aromatic carbocycles. The van der Waals surface area contributed by atoms with Crippen LogP contribution in [0.2, 0.25) is 0 Å². The van der Waals surface area contributed by atoms with Gasteiger partial charge in [-0.3, -0.25) is 0 Å². The Morgan fingerprint density at radius 3 is 2.63 bits per heavy atom. The molecule has 1 aromatic rings. The zero-order chi connectivity index (χ0) is 13.1. The van der Waals surface area contributed by atoms with Crippen molar-refractivity contribution in [3.63, 3.8) is 0 Å². The zero-order valence-corrected chi connectivity index (χ0v) is 11.7. The number of rotatable bonds is 5. The Morgan fingerprint density at radius 2 is 1.95 bits per heavy atom. The molecule has 1 heterocycles. The molecule has 0 amide bonds. The Morgan fingerprint density at radius 1 is 1.16 bits per heavy atom.